The van der Waals surface area contributed by atoms with Crippen LogP contribution in [0.25, 0.3) is 0 Å². The van der Waals surface area contributed by atoms with E-state index in [-0.39, 0.29) is 5.41 Å². The predicted octanol–water partition coefficient (Wildman–Crippen LogP) is 4.12. The largest absolute Gasteiger partial charge is 0.361 e. The Morgan fingerprint density at radius 1 is 1.21 bits per heavy atom. The molecule has 0 atom stereocenters. The second kappa shape index (κ2) is 5.18. The minimum absolute atomic E-state index is 0.138. The van der Waals surface area contributed by atoms with Crippen LogP contribution in [0.2, 0.25) is 0 Å². The predicted molar refractivity (Wildman–Crippen MR) is 60.6 cm³/mol. The standard InChI is InChI=1S/C10H17NO.C2H6/c1-7(2)9-8(6-11-12-9)10(3,4)5;1-2/h6-7H,1-5H3;1-2H3. The molecule has 0 aromatic carbocycles. The van der Waals surface area contributed by atoms with Crippen LogP contribution < -0.4 is 0 Å². The Labute approximate surface area is 87.7 Å². The lowest BCUT2D eigenvalue weighted by Crippen LogP contribution is -2.12. The van der Waals surface area contributed by atoms with Crippen molar-refractivity contribution in [3.8, 4) is 0 Å². The molecule has 14 heavy (non-hydrogen) atoms. The number of rotatable bonds is 1. The summed E-state index contributed by atoms with van der Waals surface area (Å²) in [6.07, 6.45) is 1.83. The van der Waals surface area contributed by atoms with Crippen molar-refractivity contribution in [1.82, 2.24) is 5.16 Å². The highest BCUT2D eigenvalue weighted by molar-refractivity contribution is 5.24. The maximum Gasteiger partial charge on any atom is 0.142 e. The molecular formula is C12H23NO. The van der Waals surface area contributed by atoms with Gasteiger partial charge in [-0.2, -0.15) is 0 Å². The van der Waals surface area contributed by atoms with E-state index in [0.29, 0.717) is 5.92 Å². The highest BCUT2D eigenvalue weighted by Crippen LogP contribution is 2.29. The van der Waals surface area contributed by atoms with Gasteiger partial charge in [-0.25, -0.2) is 0 Å². The molecule has 0 aliphatic carbocycles. The zero-order valence-corrected chi connectivity index (χ0v) is 10.5. The molecule has 2 heteroatoms. The summed E-state index contributed by atoms with van der Waals surface area (Å²) in [6, 6.07) is 0. The molecule has 0 bridgehead atoms. The van der Waals surface area contributed by atoms with Gasteiger partial charge < -0.3 is 4.52 Å². The van der Waals surface area contributed by atoms with Crippen LogP contribution in [-0.4, -0.2) is 5.16 Å². The minimum Gasteiger partial charge on any atom is -0.361 e. The van der Waals surface area contributed by atoms with Crippen LogP contribution in [0.15, 0.2) is 10.7 Å². The maximum absolute atomic E-state index is 5.20. The molecule has 0 N–H and O–H groups in total. The highest BCUT2D eigenvalue weighted by Gasteiger charge is 2.22. The molecule has 0 fully saturated rings. The molecule has 1 rings (SSSR count). The SMILES string of the molecule is CC.CC(C)c1oncc1C(C)(C)C. The lowest BCUT2D eigenvalue weighted by molar-refractivity contribution is 0.365. The van der Waals surface area contributed by atoms with Crippen LogP contribution in [0.5, 0.6) is 0 Å². The van der Waals surface area contributed by atoms with Crippen molar-refractivity contribution < 1.29 is 4.52 Å². The van der Waals surface area contributed by atoms with Crippen molar-refractivity contribution in [1.29, 1.82) is 0 Å². The van der Waals surface area contributed by atoms with Crippen LogP contribution in [0.1, 0.15) is 65.7 Å². The lowest BCUT2D eigenvalue weighted by Gasteiger charge is -2.18. The fourth-order valence-corrected chi connectivity index (χ4v) is 1.23. The summed E-state index contributed by atoms with van der Waals surface area (Å²) in [6.45, 7) is 14.8. The van der Waals surface area contributed by atoms with Gasteiger partial charge in [-0.05, 0) is 5.41 Å². The fourth-order valence-electron chi connectivity index (χ4n) is 1.23. The van der Waals surface area contributed by atoms with E-state index in [4.69, 9.17) is 4.52 Å². The van der Waals surface area contributed by atoms with Gasteiger partial charge in [0.1, 0.15) is 5.76 Å². The van der Waals surface area contributed by atoms with Crippen molar-refractivity contribution in [3.05, 3.63) is 17.5 Å². The summed E-state index contributed by atoms with van der Waals surface area (Å²) in [5.41, 5.74) is 1.36. The molecule has 1 aromatic heterocycles. The van der Waals surface area contributed by atoms with Crippen molar-refractivity contribution in [2.45, 2.75) is 59.8 Å². The Kier molecular flexibility index (Phi) is 4.89. The van der Waals surface area contributed by atoms with Gasteiger partial charge in [-0.15, -0.1) is 0 Å². The molecule has 0 aliphatic rings. The zero-order chi connectivity index (χ0) is 11.4. The first-order valence-corrected chi connectivity index (χ1v) is 5.38. The molecule has 0 spiro atoms. The van der Waals surface area contributed by atoms with Crippen molar-refractivity contribution in [2.24, 2.45) is 0 Å². The van der Waals surface area contributed by atoms with Crippen LogP contribution in [0.4, 0.5) is 0 Å². The Balaban J connectivity index is 0.000000791. The average molecular weight is 197 g/mol. The quantitative estimate of drug-likeness (QED) is 0.676. The van der Waals surface area contributed by atoms with E-state index in [2.05, 4.69) is 39.8 Å². The van der Waals surface area contributed by atoms with Gasteiger partial charge in [-0.1, -0.05) is 53.6 Å². The summed E-state index contributed by atoms with van der Waals surface area (Å²) >= 11 is 0. The maximum atomic E-state index is 5.20. The van der Waals surface area contributed by atoms with Gasteiger partial charge in [0.2, 0.25) is 0 Å². The Hall–Kier alpha value is -0.790. The molecule has 0 saturated heterocycles. The molecule has 0 saturated carbocycles. The Morgan fingerprint density at radius 3 is 2.00 bits per heavy atom. The number of hydrogen-bond donors (Lipinski definition) is 0. The van der Waals surface area contributed by atoms with E-state index in [1.807, 2.05) is 20.0 Å². The van der Waals surface area contributed by atoms with E-state index < -0.39 is 0 Å². The monoisotopic (exact) mass is 197 g/mol. The first kappa shape index (κ1) is 13.2. The summed E-state index contributed by atoms with van der Waals surface area (Å²) in [7, 11) is 0. The van der Waals surface area contributed by atoms with E-state index in [1.54, 1.807) is 0 Å². The summed E-state index contributed by atoms with van der Waals surface area (Å²) in [5, 5.41) is 3.83. The van der Waals surface area contributed by atoms with E-state index in [0.717, 1.165) is 5.76 Å². The molecule has 0 amide bonds. The van der Waals surface area contributed by atoms with Gasteiger partial charge in [0.05, 0.1) is 6.20 Å². The summed E-state index contributed by atoms with van der Waals surface area (Å²) < 4.78 is 5.20. The average Bonchev–Trinajstić information content (AvgIpc) is 2.54. The van der Waals surface area contributed by atoms with Gasteiger partial charge in [-0.3, -0.25) is 0 Å². The molecular weight excluding hydrogens is 174 g/mol. The molecule has 0 radical (unpaired) electrons. The smallest absolute Gasteiger partial charge is 0.142 e. The molecule has 0 aliphatic heterocycles. The highest BCUT2D eigenvalue weighted by atomic mass is 16.5. The Morgan fingerprint density at radius 2 is 1.71 bits per heavy atom. The van der Waals surface area contributed by atoms with Crippen molar-refractivity contribution in [3.63, 3.8) is 0 Å². The lowest BCUT2D eigenvalue weighted by atomic mass is 9.85. The van der Waals surface area contributed by atoms with Crippen LogP contribution in [0.3, 0.4) is 0 Å². The van der Waals surface area contributed by atoms with Crippen molar-refractivity contribution in [2.75, 3.05) is 0 Å². The molecule has 1 aromatic rings. The second-order valence-electron chi connectivity index (χ2n) is 4.51. The molecule has 2 nitrogen and oxygen atoms in total. The second-order valence-corrected chi connectivity index (χ2v) is 4.51. The fraction of sp³-hybridized carbons (Fsp3) is 0.750. The minimum atomic E-state index is 0.138. The number of aromatic nitrogens is 1. The van der Waals surface area contributed by atoms with Gasteiger partial charge in [0.25, 0.3) is 0 Å². The van der Waals surface area contributed by atoms with Crippen LogP contribution >= 0.6 is 0 Å². The van der Waals surface area contributed by atoms with Crippen LogP contribution in [-0.2, 0) is 5.41 Å². The van der Waals surface area contributed by atoms with E-state index in [9.17, 15) is 0 Å². The molecule has 0 unspecified atom stereocenters. The molecule has 1 heterocycles. The third-order valence-electron chi connectivity index (χ3n) is 1.93. The van der Waals surface area contributed by atoms with E-state index >= 15 is 0 Å². The first-order valence-electron chi connectivity index (χ1n) is 5.38. The summed E-state index contributed by atoms with van der Waals surface area (Å²) in [4.78, 5) is 0. The van der Waals surface area contributed by atoms with Gasteiger partial charge in [0.15, 0.2) is 0 Å². The van der Waals surface area contributed by atoms with Crippen LogP contribution in [0, 0.1) is 0 Å². The normalized spacial score (nSPS) is 11.1. The van der Waals surface area contributed by atoms with Gasteiger partial charge in [0, 0.05) is 11.5 Å². The third-order valence-corrected chi connectivity index (χ3v) is 1.93. The molecule has 82 valence electrons. The topological polar surface area (TPSA) is 26.0 Å². The third kappa shape index (κ3) is 3.17. The van der Waals surface area contributed by atoms with E-state index in [1.165, 1.54) is 5.56 Å². The van der Waals surface area contributed by atoms with Gasteiger partial charge >= 0.3 is 0 Å². The first-order chi connectivity index (χ1) is 6.43. The number of nitrogens with zero attached hydrogens (tertiary/aromatic N) is 1. The summed E-state index contributed by atoms with van der Waals surface area (Å²) in [5.74, 6) is 1.43. The zero-order valence-electron chi connectivity index (χ0n) is 10.5. The number of hydrogen-bond acceptors (Lipinski definition) is 2. The van der Waals surface area contributed by atoms with Crippen molar-refractivity contribution >= 4 is 0 Å². The Bertz CT molecular complexity index is 256.